The molecular formula is C11H31N. The van der Waals surface area contributed by atoms with Gasteiger partial charge < -0.3 is 5.73 Å². The van der Waals surface area contributed by atoms with Crippen LogP contribution in [0.3, 0.4) is 0 Å². The summed E-state index contributed by atoms with van der Waals surface area (Å²) in [4.78, 5) is 0. The Labute approximate surface area is 80.7 Å². The molecule has 1 heteroatoms. The van der Waals surface area contributed by atoms with Crippen LogP contribution < -0.4 is 5.73 Å². The molecule has 0 atom stereocenters. The van der Waals surface area contributed by atoms with Crippen molar-refractivity contribution in [2.75, 3.05) is 7.05 Å². The van der Waals surface area contributed by atoms with E-state index in [1.54, 1.807) is 0 Å². The topological polar surface area (TPSA) is 26.0 Å². The normalized spacial score (nSPS) is 6.00. The van der Waals surface area contributed by atoms with Crippen molar-refractivity contribution in [3.63, 3.8) is 0 Å². The molecule has 0 aromatic rings. The Morgan fingerprint density at radius 3 is 0.917 bits per heavy atom. The number of hydrogen-bond donors (Lipinski definition) is 1. The van der Waals surface area contributed by atoms with Crippen LogP contribution in [0.5, 0.6) is 0 Å². The van der Waals surface area contributed by atoms with Crippen LogP contribution in [0.25, 0.3) is 0 Å². The Hall–Kier alpha value is -0.0400. The Morgan fingerprint density at radius 2 is 0.833 bits per heavy atom. The van der Waals surface area contributed by atoms with Crippen molar-refractivity contribution in [2.45, 2.75) is 67.2 Å². The maximum absolute atomic E-state index is 4.50. The van der Waals surface area contributed by atoms with Gasteiger partial charge in [0.25, 0.3) is 0 Å². The first-order valence-electron chi connectivity index (χ1n) is 5.49. The molecule has 0 aromatic carbocycles. The SMILES string of the molecule is CC.CC.CCCCCC.CN. The lowest BCUT2D eigenvalue weighted by atomic mass is 10.2. The predicted molar refractivity (Wildman–Crippen MR) is 62.6 cm³/mol. The number of rotatable bonds is 3. The predicted octanol–water partition coefficient (Wildman–Crippen LogP) is 4.21. The molecule has 0 saturated carbocycles. The molecule has 0 aromatic heterocycles. The largest absolute Gasteiger partial charge is 0.333 e. The number of nitrogens with two attached hydrogens (primary N) is 1. The van der Waals surface area contributed by atoms with Crippen LogP contribution in [0, 0.1) is 0 Å². The third-order valence-corrected chi connectivity index (χ3v) is 0.957. The average molecular weight is 177 g/mol. The summed E-state index contributed by atoms with van der Waals surface area (Å²) in [5, 5.41) is 0. The van der Waals surface area contributed by atoms with Crippen molar-refractivity contribution in [3.8, 4) is 0 Å². The van der Waals surface area contributed by atoms with E-state index in [-0.39, 0.29) is 0 Å². The van der Waals surface area contributed by atoms with Gasteiger partial charge in [-0.25, -0.2) is 0 Å². The highest BCUT2D eigenvalue weighted by molar-refractivity contribution is 4.31. The summed E-state index contributed by atoms with van der Waals surface area (Å²) >= 11 is 0. The van der Waals surface area contributed by atoms with Crippen molar-refractivity contribution in [2.24, 2.45) is 5.73 Å². The summed E-state index contributed by atoms with van der Waals surface area (Å²) in [6.07, 6.45) is 5.54. The van der Waals surface area contributed by atoms with Crippen molar-refractivity contribution in [1.29, 1.82) is 0 Å². The fourth-order valence-corrected chi connectivity index (χ4v) is 0.500. The molecule has 80 valence electrons. The minimum absolute atomic E-state index is 1.36. The van der Waals surface area contributed by atoms with Crippen LogP contribution in [-0.2, 0) is 0 Å². The fourth-order valence-electron chi connectivity index (χ4n) is 0.500. The second kappa shape index (κ2) is 69.3. The molecule has 0 rings (SSSR count). The molecule has 0 aliphatic heterocycles. The molecule has 2 N–H and O–H groups in total. The highest BCUT2D eigenvalue weighted by atomic mass is 14.4. The molecule has 0 aliphatic rings. The molecule has 0 spiro atoms. The molecule has 0 bridgehead atoms. The molecule has 12 heavy (non-hydrogen) atoms. The van der Waals surface area contributed by atoms with E-state index in [4.69, 9.17) is 0 Å². The van der Waals surface area contributed by atoms with Crippen LogP contribution in [0.2, 0.25) is 0 Å². The van der Waals surface area contributed by atoms with Crippen LogP contribution in [0.4, 0.5) is 0 Å². The molecule has 0 saturated heterocycles. The number of hydrogen-bond acceptors (Lipinski definition) is 1. The van der Waals surface area contributed by atoms with Gasteiger partial charge in [0.05, 0.1) is 0 Å². The Kier molecular flexibility index (Phi) is 131. The van der Waals surface area contributed by atoms with E-state index in [1.807, 2.05) is 27.7 Å². The molecule has 0 fully saturated rings. The lowest BCUT2D eigenvalue weighted by Gasteiger charge is -1.86. The van der Waals surface area contributed by atoms with Gasteiger partial charge in [-0.15, -0.1) is 0 Å². The van der Waals surface area contributed by atoms with Gasteiger partial charge in [-0.2, -0.15) is 0 Å². The first-order chi connectivity index (χ1) is 5.91. The Morgan fingerprint density at radius 1 is 0.667 bits per heavy atom. The van der Waals surface area contributed by atoms with E-state index in [9.17, 15) is 0 Å². The van der Waals surface area contributed by atoms with Gasteiger partial charge >= 0.3 is 0 Å². The standard InChI is InChI=1S/C6H14.2C2H6.CH5N/c1-3-5-6-4-2;3*1-2/h3-6H2,1-2H3;2*1-2H3;2H2,1H3. The molecule has 0 amide bonds. The van der Waals surface area contributed by atoms with Gasteiger partial charge in [0, 0.05) is 0 Å². The van der Waals surface area contributed by atoms with E-state index in [0.29, 0.717) is 0 Å². The summed E-state index contributed by atoms with van der Waals surface area (Å²) in [5.74, 6) is 0. The third-order valence-electron chi connectivity index (χ3n) is 0.957. The maximum atomic E-state index is 4.50. The van der Waals surface area contributed by atoms with Gasteiger partial charge in [-0.1, -0.05) is 67.2 Å². The zero-order valence-corrected chi connectivity index (χ0v) is 10.4. The van der Waals surface area contributed by atoms with Crippen molar-refractivity contribution in [3.05, 3.63) is 0 Å². The quantitative estimate of drug-likeness (QED) is 0.642. The third kappa shape index (κ3) is 91.3. The Bertz CT molecular complexity index is 17.0. The van der Waals surface area contributed by atoms with E-state index >= 15 is 0 Å². The maximum Gasteiger partial charge on any atom is -0.0195 e. The molecule has 0 heterocycles. The van der Waals surface area contributed by atoms with E-state index in [2.05, 4.69) is 19.6 Å². The molecule has 1 nitrogen and oxygen atoms in total. The van der Waals surface area contributed by atoms with Crippen LogP contribution in [0.1, 0.15) is 67.2 Å². The van der Waals surface area contributed by atoms with Crippen molar-refractivity contribution < 1.29 is 0 Å². The monoisotopic (exact) mass is 177 g/mol. The lowest BCUT2D eigenvalue weighted by Crippen LogP contribution is -1.69. The van der Waals surface area contributed by atoms with Crippen molar-refractivity contribution in [1.82, 2.24) is 0 Å². The van der Waals surface area contributed by atoms with Gasteiger partial charge in [-0.05, 0) is 7.05 Å². The van der Waals surface area contributed by atoms with Crippen LogP contribution in [-0.4, -0.2) is 7.05 Å². The fraction of sp³-hybridized carbons (Fsp3) is 1.00. The minimum atomic E-state index is 1.36. The molecule has 0 radical (unpaired) electrons. The molecule has 0 unspecified atom stereocenters. The zero-order chi connectivity index (χ0) is 10.8. The average Bonchev–Trinajstić information content (AvgIpc) is 2.24. The van der Waals surface area contributed by atoms with Gasteiger partial charge in [0.1, 0.15) is 0 Å². The number of unbranched alkanes of at least 4 members (excludes halogenated alkanes) is 3. The van der Waals surface area contributed by atoms with E-state index < -0.39 is 0 Å². The summed E-state index contributed by atoms with van der Waals surface area (Å²) in [6.45, 7) is 12.5. The van der Waals surface area contributed by atoms with Crippen molar-refractivity contribution >= 4 is 0 Å². The Balaban J connectivity index is -0.0000000453. The zero-order valence-electron chi connectivity index (χ0n) is 10.4. The highest BCUT2D eigenvalue weighted by Gasteiger charge is 1.75. The summed E-state index contributed by atoms with van der Waals surface area (Å²) < 4.78 is 0. The molecule has 0 aliphatic carbocycles. The summed E-state index contributed by atoms with van der Waals surface area (Å²) in [7, 11) is 1.50. The first kappa shape index (κ1) is 22.7. The first-order valence-corrected chi connectivity index (χ1v) is 5.49. The molecular weight excluding hydrogens is 146 g/mol. The summed E-state index contributed by atoms with van der Waals surface area (Å²) in [5.41, 5.74) is 4.50. The minimum Gasteiger partial charge on any atom is -0.333 e. The summed E-state index contributed by atoms with van der Waals surface area (Å²) in [6, 6.07) is 0. The van der Waals surface area contributed by atoms with Gasteiger partial charge in [0.2, 0.25) is 0 Å². The lowest BCUT2D eigenvalue weighted by molar-refractivity contribution is 0.702. The van der Waals surface area contributed by atoms with Crippen LogP contribution in [0.15, 0.2) is 0 Å². The second-order valence-electron chi connectivity index (χ2n) is 1.71. The highest BCUT2D eigenvalue weighted by Crippen LogP contribution is 1.95. The van der Waals surface area contributed by atoms with Gasteiger partial charge in [0.15, 0.2) is 0 Å². The van der Waals surface area contributed by atoms with Gasteiger partial charge in [-0.3, -0.25) is 0 Å². The second-order valence-corrected chi connectivity index (χ2v) is 1.71. The smallest absolute Gasteiger partial charge is 0.0195 e. The van der Waals surface area contributed by atoms with Crippen LogP contribution >= 0.6 is 0 Å². The van der Waals surface area contributed by atoms with E-state index in [0.717, 1.165) is 0 Å². The van der Waals surface area contributed by atoms with E-state index in [1.165, 1.54) is 32.7 Å².